The van der Waals surface area contributed by atoms with Crippen LogP contribution in [0.2, 0.25) is 5.02 Å². The number of nitrogens with zero attached hydrogens (tertiary/aromatic N) is 3. The molecule has 0 radical (unpaired) electrons. The van der Waals surface area contributed by atoms with E-state index in [0.29, 0.717) is 16.7 Å². The van der Waals surface area contributed by atoms with Gasteiger partial charge in [0.1, 0.15) is 22.3 Å². The molecule has 1 saturated carbocycles. The van der Waals surface area contributed by atoms with Gasteiger partial charge >= 0.3 is 0 Å². The van der Waals surface area contributed by atoms with Crippen LogP contribution in [0.3, 0.4) is 0 Å². The molecule has 3 aromatic rings. The Labute approximate surface area is 213 Å². The predicted molar refractivity (Wildman–Crippen MR) is 139 cm³/mol. The highest BCUT2D eigenvalue weighted by Crippen LogP contribution is 2.40. The average molecular weight is 515 g/mol. The van der Waals surface area contributed by atoms with E-state index in [4.69, 9.17) is 16.6 Å². The number of hydrogen-bond acceptors (Lipinski definition) is 6. The number of anilines is 2. The summed E-state index contributed by atoms with van der Waals surface area (Å²) in [4.78, 5) is 22.5. The third-order valence-corrected chi connectivity index (χ3v) is 8.18. The van der Waals surface area contributed by atoms with Gasteiger partial charge in [0.15, 0.2) is 5.13 Å². The van der Waals surface area contributed by atoms with Crippen molar-refractivity contribution in [2.24, 2.45) is 0 Å². The normalized spacial score (nSPS) is 17.5. The predicted octanol–water partition coefficient (Wildman–Crippen LogP) is 6.02. The third kappa shape index (κ3) is 5.44. The van der Waals surface area contributed by atoms with Crippen LogP contribution in [-0.2, 0) is 0 Å². The molecule has 0 bridgehead atoms. The molecule has 2 aromatic carbocycles. The molecule has 2 fully saturated rings. The molecule has 1 aromatic heterocycles. The van der Waals surface area contributed by atoms with E-state index < -0.39 is 0 Å². The molecule has 9 heteroatoms. The number of aromatic hydroxyl groups is 1. The maximum atomic E-state index is 13.6. The van der Waals surface area contributed by atoms with Gasteiger partial charge in [-0.25, -0.2) is 9.37 Å². The monoisotopic (exact) mass is 514 g/mol. The van der Waals surface area contributed by atoms with Crippen molar-refractivity contribution in [2.75, 3.05) is 36.4 Å². The molecule has 0 unspecified atom stereocenters. The molecule has 1 aliphatic heterocycles. The standard InChI is InChI=1S/C26H28ClFN4O2S/c27-21-16-18(8-11-22(21)33)24(34)30-26-29-23(17-6-9-19(28)10-7-17)25(35-26)32-14-12-31(13-15-32)20-4-2-1-3-5-20/h6-11,16,20,33H,1-5,12-15H2,(H,29,30,34). The minimum atomic E-state index is -0.361. The molecule has 0 spiro atoms. The van der Waals surface area contributed by atoms with Gasteiger partial charge in [-0.2, -0.15) is 0 Å². The van der Waals surface area contributed by atoms with Gasteiger partial charge in [0.05, 0.1) is 5.02 Å². The molecule has 1 amide bonds. The molecule has 2 aliphatic rings. The number of carbonyl (C=O) groups is 1. The van der Waals surface area contributed by atoms with E-state index in [9.17, 15) is 14.3 Å². The lowest BCUT2D eigenvalue weighted by atomic mass is 9.94. The van der Waals surface area contributed by atoms with Gasteiger partial charge in [0.25, 0.3) is 5.91 Å². The fraction of sp³-hybridized carbons (Fsp3) is 0.385. The number of thiazole rings is 1. The number of phenolic OH excluding ortho intramolecular Hbond substituents is 1. The van der Waals surface area contributed by atoms with Crippen LogP contribution in [0.4, 0.5) is 14.5 Å². The number of piperazine rings is 1. The zero-order valence-corrected chi connectivity index (χ0v) is 20.9. The van der Waals surface area contributed by atoms with Gasteiger partial charge in [0.2, 0.25) is 0 Å². The average Bonchev–Trinajstić information content (AvgIpc) is 3.30. The van der Waals surface area contributed by atoms with E-state index in [-0.39, 0.29) is 22.5 Å². The summed E-state index contributed by atoms with van der Waals surface area (Å²) in [6, 6.07) is 11.3. The molecule has 0 atom stereocenters. The first kappa shape index (κ1) is 24.0. The topological polar surface area (TPSA) is 68.7 Å². The molecular formula is C26H28ClFN4O2S. The van der Waals surface area contributed by atoms with E-state index in [2.05, 4.69) is 15.1 Å². The van der Waals surface area contributed by atoms with Gasteiger partial charge in [-0.3, -0.25) is 15.0 Å². The number of aromatic nitrogens is 1. The zero-order valence-electron chi connectivity index (χ0n) is 19.3. The van der Waals surface area contributed by atoms with Gasteiger partial charge in [-0.05, 0) is 55.3 Å². The van der Waals surface area contributed by atoms with Gasteiger partial charge in [-0.15, -0.1) is 0 Å². The number of phenols is 1. The summed E-state index contributed by atoms with van der Waals surface area (Å²) in [5.74, 6) is -0.741. The van der Waals surface area contributed by atoms with Crippen LogP contribution < -0.4 is 10.2 Å². The Morgan fingerprint density at radius 1 is 1.06 bits per heavy atom. The highest BCUT2D eigenvalue weighted by atomic mass is 35.5. The maximum absolute atomic E-state index is 13.6. The highest BCUT2D eigenvalue weighted by Gasteiger charge is 2.28. The number of amides is 1. The molecule has 2 heterocycles. The summed E-state index contributed by atoms with van der Waals surface area (Å²) in [7, 11) is 0. The lowest BCUT2D eigenvalue weighted by Gasteiger charge is -2.41. The summed E-state index contributed by atoms with van der Waals surface area (Å²) in [6.45, 7) is 3.76. The number of carbonyl (C=O) groups excluding carboxylic acids is 1. The molecule has 2 N–H and O–H groups in total. The summed E-state index contributed by atoms with van der Waals surface area (Å²) >= 11 is 7.39. The second kappa shape index (κ2) is 10.5. The zero-order chi connectivity index (χ0) is 24.4. The van der Waals surface area contributed by atoms with Crippen molar-refractivity contribution in [3.63, 3.8) is 0 Å². The van der Waals surface area contributed by atoms with Crippen LogP contribution in [0.15, 0.2) is 42.5 Å². The molecule has 1 saturated heterocycles. The largest absolute Gasteiger partial charge is 0.506 e. The number of halogens is 2. The van der Waals surface area contributed by atoms with Crippen molar-refractivity contribution in [1.29, 1.82) is 0 Å². The Hall–Kier alpha value is -2.68. The first-order valence-corrected chi connectivity index (χ1v) is 13.2. The fourth-order valence-corrected chi connectivity index (χ4v) is 6.15. The Morgan fingerprint density at radius 2 is 1.77 bits per heavy atom. The Morgan fingerprint density at radius 3 is 2.46 bits per heavy atom. The van der Waals surface area contributed by atoms with Crippen LogP contribution in [-0.4, -0.2) is 53.1 Å². The third-order valence-electron chi connectivity index (χ3n) is 6.85. The van der Waals surface area contributed by atoms with Crippen LogP contribution in [0, 0.1) is 5.82 Å². The van der Waals surface area contributed by atoms with Crippen LogP contribution in [0.1, 0.15) is 42.5 Å². The number of benzene rings is 2. The van der Waals surface area contributed by atoms with Crippen molar-refractivity contribution in [3.05, 3.63) is 58.9 Å². The highest BCUT2D eigenvalue weighted by molar-refractivity contribution is 7.20. The first-order chi connectivity index (χ1) is 17.0. The minimum Gasteiger partial charge on any atom is -0.506 e. The minimum absolute atomic E-state index is 0.0780. The second-order valence-corrected chi connectivity index (χ2v) is 10.5. The van der Waals surface area contributed by atoms with Crippen molar-refractivity contribution in [1.82, 2.24) is 9.88 Å². The first-order valence-electron chi connectivity index (χ1n) is 12.0. The van der Waals surface area contributed by atoms with E-state index in [1.54, 1.807) is 12.1 Å². The number of rotatable bonds is 5. The number of hydrogen-bond donors (Lipinski definition) is 2. The van der Waals surface area contributed by atoms with E-state index in [0.717, 1.165) is 42.4 Å². The maximum Gasteiger partial charge on any atom is 0.257 e. The molecule has 35 heavy (non-hydrogen) atoms. The van der Waals surface area contributed by atoms with Crippen molar-refractivity contribution >= 4 is 39.0 Å². The molecule has 6 nitrogen and oxygen atoms in total. The Balaban J connectivity index is 1.37. The smallest absolute Gasteiger partial charge is 0.257 e. The number of nitrogens with one attached hydrogen (secondary N) is 1. The summed E-state index contributed by atoms with van der Waals surface area (Å²) < 4.78 is 13.6. The van der Waals surface area contributed by atoms with Crippen LogP contribution in [0.25, 0.3) is 11.3 Å². The van der Waals surface area contributed by atoms with Gasteiger partial charge in [-0.1, -0.05) is 42.2 Å². The van der Waals surface area contributed by atoms with Crippen molar-refractivity contribution < 1.29 is 14.3 Å². The molecule has 1 aliphatic carbocycles. The second-order valence-electron chi connectivity index (χ2n) is 9.11. The van der Waals surface area contributed by atoms with E-state index in [1.807, 2.05) is 0 Å². The van der Waals surface area contributed by atoms with Gasteiger partial charge in [0, 0.05) is 43.3 Å². The summed E-state index contributed by atoms with van der Waals surface area (Å²) in [6.07, 6.45) is 6.58. The summed E-state index contributed by atoms with van der Waals surface area (Å²) in [5.41, 5.74) is 1.87. The van der Waals surface area contributed by atoms with Crippen molar-refractivity contribution in [2.45, 2.75) is 38.1 Å². The van der Waals surface area contributed by atoms with Crippen molar-refractivity contribution in [3.8, 4) is 17.0 Å². The van der Waals surface area contributed by atoms with Gasteiger partial charge < -0.3 is 10.0 Å². The Kier molecular flexibility index (Phi) is 7.22. The SMILES string of the molecule is O=C(Nc1nc(-c2ccc(F)cc2)c(N2CCN(C3CCCCC3)CC2)s1)c1ccc(O)c(Cl)c1. The van der Waals surface area contributed by atoms with E-state index >= 15 is 0 Å². The van der Waals surface area contributed by atoms with Crippen LogP contribution in [0.5, 0.6) is 5.75 Å². The fourth-order valence-electron chi connectivity index (χ4n) is 4.93. The van der Waals surface area contributed by atoms with E-state index in [1.165, 1.54) is 73.8 Å². The quantitative estimate of drug-likeness (QED) is 0.436. The molecule has 5 rings (SSSR count). The Bertz CT molecular complexity index is 1190. The van der Waals surface area contributed by atoms with Crippen LogP contribution >= 0.6 is 22.9 Å². The lowest BCUT2D eigenvalue weighted by molar-refractivity contribution is 0.102. The lowest BCUT2D eigenvalue weighted by Crippen LogP contribution is -2.50. The molecule has 184 valence electrons. The summed E-state index contributed by atoms with van der Waals surface area (Å²) in [5, 5.41) is 14.0. The molecular weight excluding hydrogens is 487 g/mol.